The van der Waals surface area contributed by atoms with Crippen LogP contribution in [0.5, 0.6) is 0 Å². The second-order valence-corrected chi connectivity index (χ2v) is 7.83. The summed E-state index contributed by atoms with van der Waals surface area (Å²) < 4.78 is 0. The lowest BCUT2D eigenvalue weighted by Crippen LogP contribution is -2.58. The van der Waals surface area contributed by atoms with Gasteiger partial charge in [-0.1, -0.05) is 30.3 Å². The van der Waals surface area contributed by atoms with Crippen molar-refractivity contribution in [2.24, 2.45) is 11.5 Å². The number of carboxylic acids is 1. The Hall–Kier alpha value is -2.67. The number of aliphatic carboxylic acids is 1. The van der Waals surface area contributed by atoms with Crippen LogP contribution in [-0.4, -0.2) is 77.0 Å². The van der Waals surface area contributed by atoms with E-state index in [2.05, 4.69) is 28.6 Å². The molecule has 12 heteroatoms. The topological polar surface area (TPSA) is 197 Å². The highest BCUT2D eigenvalue weighted by Crippen LogP contribution is 2.05. The quantitative estimate of drug-likeness (QED) is 0.105. The maximum Gasteiger partial charge on any atom is 0.327 e. The number of carbonyl (C=O) groups excluding carboxylic acids is 3. The molecule has 0 aliphatic heterocycles. The standard InChI is InChI=1S/C21H33N5O6S/c22-9-5-4-8-15(19(29)26-17(12-33)21(31)32)24-20(30)16(11-27)25-18(28)14(23)10-13-6-2-1-3-7-13/h1-3,6-7,14-17,27,33H,4-5,8-12,22-23H2,(H,24,30)(H,25,28)(H,26,29)(H,31,32). The van der Waals surface area contributed by atoms with Gasteiger partial charge in [-0.15, -0.1) is 0 Å². The molecule has 33 heavy (non-hydrogen) atoms. The Morgan fingerprint density at radius 3 is 2.03 bits per heavy atom. The lowest BCUT2D eigenvalue weighted by molar-refractivity contribution is -0.141. The van der Waals surface area contributed by atoms with Crippen LogP contribution in [0.1, 0.15) is 24.8 Å². The Labute approximate surface area is 198 Å². The Kier molecular flexibility index (Phi) is 13.1. The first-order chi connectivity index (χ1) is 15.7. The molecule has 0 aliphatic rings. The molecule has 0 aromatic heterocycles. The predicted molar refractivity (Wildman–Crippen MR) is 125 cm³/mol. The summed E-state index contributed by atoms with van der Waals surface area (Å²) in [5.41, 5.74) is 12.2. The Bertz CT molecular complexity index is 782. The number of rotatable bonds is 15. The minimum Gasteiger partial charge on any atom is -0.480 e. The third kappa shape index (κ3) is 10.2. The molecule has 4 atom stereocenters. The maximum atomic E-state index is 12.7. The lowest BCUT2D eigenvalue weighted by atomic mass is 10.1. The molecule has 4 unspecified atom stereocenters. The van der Waals surface area contributed by atoms with Crippen molar-refractivity contribution in [3.05, 3.63) is 35.9 Å². The van der Waals surface area contributed by atoms with Gasteiger partial charge in [0.25, 0.3) is 0 Å². The summed E-state index contributed by atoms with van der Waals surface area (Å²) in [5.74, 6) is -3.57. The Balaban J connectivity index is 2.79. The summed E-state index contributed by atoms with van der Waals surface area (Å²) in [5, 5.41) is 25.9. The normalized spacial score (nSPS) is 14.4. The number of hydrogen-bond donors (Lipinski definition) is 8. The number of carboxylic acid groups (broad SMARTS) is 1. The molecule has 1 rings (SSSR count). The lowest BCUT2D eigenvalue weighted by Gasteiger charge is -2.24. The molecular weight excluding hydrogens is 450 g/mol. The zero-order valence-corrected chi connectivity index (χ0v) is 19.2. The van der Waals surface area contributed by atoms with Crippen LogP contribution in [0.2, 0.25) is 0 Å². The highest BCUT2D eigenvalue weighted by atomic mass is 32.1. The van der Waals surface area contributed by atoms with Crippen LogP contribution in [0.15, 0.2) is 30.3 Å². The molecule has 184 valence electrons. The number of hydrogen-bond acceptors (Lipinski definition) is 8. The van der Waals surface area contributed by atoms with Gasteiger partial charge in [-0.2, -0.15) is 12.6 Å². The largest absolute Gasteiger partial charge is 0.480 e. The van der Waals surface area contributed by atoms with Gasteiger partial charge in [0.15, 0.2) is 0 Å². The summed E-state index contributed by atoms with van der Waals surface area (Å²) in [6.45, 7) is -0.341. The van der Waals surface area contributed by atoms with Crippen molar-refractivity contribution in [3.8, 4) is 0 Å². The van der Waals surface area contributed by atoms with E-state index in [0.29, 0.717) is 19.4 Å². The number of aliphatic hydroxyl groups excluding tert-OH is 1. The van der Waals surface area contributed by atoms with Gasteiger partial charge in [-0.3, -0.25) is 14.4 Å². The molecule has 0 fully saturated rings. The summed E-state index contributed by atoms with van der Waals surface area (Å²) in [4.78, 5) is 48.8. The van der Waals surface area contributed by atoms with Crippen LogP contribution in [0.25, 0.3) is 0 Å². The second kappa shape index (κ2) is 15.2. The Morgan fingerprint density at radius 2 is 1.48 bits per heavy atom. The van der Waals surface area contributed by atoms with Crippen molar-refractivity contribution in [3.63, 3.8) is 0 Å². The van der Waals surface area contributed by atoms with Crippen molar-refractivity contribution in [2.75, 3.05) is 18.9 Å². The highest BCUT2D eigenvalue weighted by molar-refractivity contribution is 7.80. The molecule has 1 aromatic rings. The minimum absolute atomic E-state index is 0.140. The number of aliphatic hydroxyl groups is 1. The summed E-state index contributed by atoms with van der Waals surface area (Å²) >= 11 is 3.90. The zero-order chi connectivity index (χ0) is 24.8. The van der Waals surface area contributed by atoms with Crippen LogP contribution in [-0.2, 0) is 25.6 Å². The van der Waals surface area contributed by atoms with E-state index in [1.807, 2.05) is 30.3 Å². The van der Waals surface area contributed by atoms with E-state index in [1.54, 1.807) is 0 Å². The molecule has 3 amide bonds. The highest BCUT2D eigenvalue weighted by Gasteiger charge is 2.29. The van der Waals surface area contributed by atoms with Crippen molar-refractivity contribution >= 4 is 36.3 Å². The van der Waals surface area contributed by atoms with Crippen LogP contribution >= 0.6 is 12.6 Å². The summed E-state index contributed by atoms with van der Waals surface area (Å²) in [6.07, 6.45) is 1.50. The van der Waals surface area contributed by atoms with Gasteiger partial charge in [0.2, 0.25) is 17.7 Å². The molecule has 0 heterocycles. The van der Waals surface area contributed by atoms with E-state index < -0.39 is 54.5 Å². The fourth-order valence-electron chi connectivity index (χ4n) is 2.93. The first kappa shape index (κ1) is 28.4. The molecule has 0 bridgehead atoms. The van der Waals surface area contributed by atoms with Crippen LogP contribution in [0.3, 0.4) is 0 Å². The number of thiol groups is 1. The van der Waals surface area contributed by atoms with E-state index in [-0.39, 0.29) is 18.6 Å². The van der Waals surface area contributed by atoms with Gasteiger partial charge in [0, 0.05) is 5.75 Å². The zero-order valence-electron chi connectivity index (χ0n) is 18.3. The molecule has 1 aromatic carbocycles. The van der Waals surface area contributed by atoms with Gasteiger partial charge in [0.1, 0.15) is 18.1 Å². The number of carbonyl (C=O) groups is 4. The van der Waals surface area contributed by atoms with E-state index in [9.17, 15) is 24.3 Å². The van der Waals surface area contributed by atoms with Crippen LogP contribution in [0.4, 0.5) is 0 Å². The average Bonchev–Trinajstić information content (AvgIpc) is 2.80. The first-order valence-corrected chi connectivity index (χ1v) is 11.2. The minimum atomic E-state index is -1.34. The van der Waals surface area contributed by atoms with E-state index in [4.69, 9.17) is 16.6 Å². The van der Waals surface area contributed by atoms with Crippen LogP contribution in [0, 0.1) is 0 Å². The molecule has 11 nitrogen and oxygen atoms in total. The number of nitrogens with one attached hydrogen (secondary N) is 3. The van der Waals surface area contributed by atoms with Crippen molar-refractivity contribution in [1.82, 2.24) is 16.0 Å². The predicted octanol–water partition coefficient (Wildman–Crippen LogP) is -1.85. The third-order valence-electron chi connectivity index (χ3n) is 4.83. The molecule has 0 radical (unpaired) electrons. The Morgan fingerprint density at radius 1 is 0.909 bits per heavy atom. The monoisotopic (exact) mass is 483 g/mol. The molecule has 0 aliphatic carbocycles. The fraction of sp³-hybridized carbons (Fsp3) is 0.524. The molecular formula is C21H33N5O6S. The van der Waals surface area contributed by atoms with E-state index >= 15 is 0 Å². The van der Waals surface area contributed by atoms with Gasteiger partial charge >= 0.3 is 5.97 Å². The number of benzene rings is 1. The SMILES string of the molecule is NCCCCC(NC(=O)C(CO)NC(=O)C(N)Cc1ccccc1)C(=O)NC(CS)C(=O)O. The van der Waals surface area contributed by atoms with Gasteiger partial charge in [-0.25, -0.2) is 4.79 Å². The van der Waals surface area contributed by atoms with Gasteiger partial charge in [0.05, 0.1) is 12.6 Å². The molecule has 9 N–H and O–H groups in total. The molecule has 0 spiro atoms. The number of nitrogens with two attached hydrogens (primary N) is 2. The summed E-state index contributed by atoms with van der Waals surface area (Å²) in [7, 11) is 0. The first-order valence-electron chi connectivity index (χ1n) is 10.6. The van der Waals surface area contributed by atoms with E-state index in [0.717, 1.165) is 5.56 Å². The molecule has 0 saturated heterocycles. The van der Waals surface area contributed by atoms with E-state index in [1.165, 1.54) is 0 Å². The van der Waals surface area contributed by atoms with Gasteiger partial charge in [-0.05, 0) is 37.8 Å². The second-order valence-electron chi connectivity index (χ2n) is 7.47. The smallest absolute Gasteiger partial charge is 0.327 e. The van der Waals surface area contributed by atoms with Crippen LogP contribution < -0.4 is 27.4 Å². The van der Waals surface area contributed by atoms with Crippen molar-refractivity contribution < 1.29 is 29.4 Å². The van der Waals surface area contributed by atoms with Gasteiger partial charge < -0.3 is 37.6 Å². The maximum absolute atomic E-state index is 12.7. The number of unbranched alkanes of at least 4 members (excludes halogenated alkanes) is 1. The number of amides is 3. The third-order valence-corrected chi connectivity index (χ3v) is 5.19. The van der Waals surface area contributed by atoms with Crippen molar-refractivity contribution in [2.45, 2.75) is 49.9 Å². The fourth-order valence-corrected chi connectivity index (χ4v) is 3.17. The molecule has 0 saturated carbocycles. The average molecular weight is 484 g/mol. The van der Waals surface area contributed by atoms with Crippen molar-refractivity contribution in [1.29, 1.82) is 0 Å². The summed E-state index contributed by atoms with van der Waals surface area (Å²) in [6, 6.07) is 4.44.